The summed E-state index contributed by atoms with van der Waals surface area (Å²) in [6, 6.07) is 18.6. The molecule has 0 saturated heterocycles. The normalized spacial score (nSPS) is 13.1. The molecule has 23 heavy (non-hydrogen) atoms. The number of hydrazine groups is 1. The first-order valence-corrected chi connectivity index (χ1v) is 7.46. The topological polar surface area (TPSA) is 84.2 Å². The number of nitrogens with one attached hydrogen (secondary N) is 2. The molecule has 0 aromatic heterocycles. The largest absolute Gasteiger partial charge is 0.302 e. The zero-order valence-electron chi connectivity index (χ0n) is 13.0. The molecule has 0 heterocycles. The Labute approximate surface area is 135 Å². The van der Waals surface area contributed by atoms with E-state index in [0.29, 0.717) is 0 Å². The van der Waals surface area contributed by atoms with Gasteiger partial charge in [-0.2, -0.15) is 0 Å². The number of hydrogen-bond donors (Lipinski definition) is 3. The molecular weight excluding hydrogens is 290 g/mol. The first-order chi connectivity index (χ1) is 11.1. The van der Waals surface area contributed by atoms with E-state index in [-0.39, 0.29) is 24.3 Å². The van der Waals surface area contributed by atoms with Crippen molar-refractivity contribution in [1.82, 2.24) is 10.7 Å². The lowest BCUT2D eigenvalue weighted by Crippen LogP contribution is -2.41. The maximum Gasteiger partial charge on any atom is 0.243 e. The number of benzene rings is 2. The van der Waals surface area contributed by atoms with Gasteiger partial charge in [0.05, 0.1) is 12.5 Å². The molecule has 0 bridgehead atoms. The fraction of sp³-hybridized carbons (Fsp3) is 0.222. The van der Waals surface area contributed by atoms with Crippen LogP contribution >= 0.6 is 0 Å². The van der Waals surface area contributed by atoms with E-state index in [1.807, 2.05) is 60.7 Å². The maximum atomic E-state index is 12.4. The highest BCUT2D eigenvalue weighted by molar-refractivity contribution is 5.84. The minimum atomic E-state index is -0.539. The Bertz CT molecular complexity index is 644. The Morgan fingerprint density at radius 2 is 1.48 bits per heavy atom. The van der Waals surface area contributed by atoms with Crippen LogP contribution < -0.4 is 16.6 Å². The zero-order chi connectivity index (χ0) is 16.7. The van der Waals surface area contributed by atoms with Gasteiger partial charge in [-0.3, -0.25) is 15.0 Å². The van der Waals surface area contributed by atoms with Crippen molar-refractivity contribution in [3.63, 3.8) is 0 Å². The van der Waals surface area contributed by atoms with Gasteiger partial charge in [-0.1, -0.05) is 60.7 Å². The monoisotopic (exact) mass is 311 g/mol. The highest BCUT2D eigenvalue weighted by Crippen LogP contribution is 2.31. The van der Waals surface area contributed by atoms with Crippen LogP contribution in [0.5, 0.6) is 0 Å². The fourth-order valence-electron chi connectivity index (χ4n) is 2.59. The van der Waals surface area contributed by atoms with Gasteiger partial charge in [0.2, 0.25) is 5.91 Å². The van der Waals surface area contributed by atoms with Crippen LogP contribution in [0.2, 0.25) is 0 Å². The van der Waals surface area contributed by atoms with E-state index in [1.54, 1.807) is 0 Å². The minimum absolute atomic E-state index is 0.00546. The van der Waals surface area contributed by atoms with E-state index in [1.165, 1.54) is 6.92 Å². The highest BCUT2D eigenvalue weighted by Gasteiger charge is 2.30. The van der Waals surface area contributed by atoms with E-state index < -0.39 is 5.92 Å². The van der Waals surface area contributed by atoms with Gasteiger partial charge >= 0.3 is 0 Å². The number of nitrogens with two attached hydrogens (primary N) is 1. The third-order valence-corrected chi connectivity index (χ3v) is 3.65. The molecule has 0 radical (unpaired) electrons. The SMILES string of the molecule is CC(=O)CNC(c1ccccc1)C(C(=O)NN)c1ccccc1. The molecule has 0 aliphatic rings. The molecule has 0 aliphatic heterocycles. The van der Waals surface area contributed by atoms with Gasteiger partial charge < -0.3 is 5.32 Å². The molecule has 0 spiro atoms. The Hall–Kier alpha value is -2.50. The standard InChI is InChI=1S/C18H21N3O2/c1-13(22)12-20-17(15-10-6-3-7-11-15)16(18(23)21-19)14-8-4-2-5-9-14/h2-11,16-17,20H,12,19H2,1H3,(H,21,23). The molecule has 5 heteroatoms. The van der Waals surface area contributed by atoms with Crippen molar-refractivity contribution < 1.29 is 9.59 Å². The van der Waals surface area contributed by atoms with Crippen molar-refractivity contribution >= 4 is 11.7 Å². The summed E-state index contributed by atoms with van der Waals surface area (Å²) < 4.78 is 0. The summed E-state index contributed by atoms with van der Waals surface area (Å²) in [5.74, 6) is 4.55. The van der Waals surface area contributed by atoms with Crippen molar-refractivity contribution in [2.75, 3.05) is 6.54 Å². The molecule has 2 unspecified atom stereocenters. The van der Waals surface area contributed by atoms with Crippen LogP contribution in [0.4, 0.5) is 0 Å². The van der Waals surface area contributed by atoms with Crippen LogP contribution in [0.3, 0.4) is 0 Å². The average molecular weight is 311 g/mol. The summed E-state index contributed by atoms with van der Waals surface area (Å²) >= 11 is 0. The van der Waals surface area contributed by atoms with Crippen molar-refractivity contribution in [2.24, 2.45) is 5.84 Å². The summed E-state index contributed by atoms with van der Waals surface area (Å²) in [6.45, 7) is 1.69. The number of amides is 1. The second-order valence-corrected chi connectivity index (χ2v) is 5.37. The molecule has 2 rings (SSSR count). The third kappa shape index (κ3) is 4.48. The van der Waals surface area contributed by atoms with Crippen LogP contribution in [0, 0.1) is 0 Å². The molecular formula is C18H21N3O2. The summed E-state index contributed by atoms with van der Waals surface area (Å²) in [4.78, 5) is 23.8. The Kier molecular flexibility index (Phi) is 6.02. The number of hydrogen-bond acceptors (Lipinski definition) is 4. The summed E-state index contributed by atoms with van der Waals surface area (Å²) in [7, 11) is 0. The molecule has 0 aliphatic carbocycles. The van der Waals surface area contributed by atoms with Crippen molar-refractivity contribution in [1.29, 1.82) is 0 Å². The quantitative estimate of drug-likeness (QED) is 0.413. The molecule has 0 saturated carbocycles. The molecule has 2 aromatic rings. The van der Waals surface area contributed by atoms with E-state index in [4.69, 9.17) is 5.84 Å². The lowest BCUT2D eigenvalue weighted by Gasteiger charge is -2.27. The Morgan fingerprint density at radius 3 is 1.96 bits per heavy atom. The van der Waals surface area contributed by atoms with Crippen LogP contribution in [0.15, 0.2) is 60.7 Å². The van der Waals surface area contributed by atoms with Gasteiger partial charge in [0.1, 0.15) is 5.78 Å². The third-order valence-electron chi connectivity index (χ3n) is 3.65. The van der Waals surface area contributed by atoms with Gasteiger partial charge in [0, 0.05) is 6.04 Å². The molecule has 5 nitrogen and oxygen atoms in total. The average Bonchev–Trinajstić information content (AvgIpc) is 2.59. The first-order valence-electron chi connectivity index (χ1n) is 7.46. The van der Waals surface area contributed by atoms with Gasteiger partial charge in [-0.05, 0) is 18.1 Å². The number of Topliss-reactive ketones (excluding diaryl/α,β-unsaturated/α-hetero) is 1. The van der Waals surface area contributed by atoms with E-state index >= 15 is 0 Å². The minimum Gasteiger partial charge on any atom is -0.302 e. The molecule has 2 atom stereocenters. The van der Waals surface area contributed by atoms with E-state index in [9.17, 15) is 9.59 Å². The molecule has 4 N–H and O–H groups in total. The van der Waals surface area contributed by atoms with Crippen LogP contribution in [-0.4, -0.2) is 18.2 Å². The zero-order valence-corrected chi connectivity index (χ0v) is 13.0. The lowest BCUT2D eigenvalue weighted by molar-refractivity contribution is -0.124. The van der Waals surface area contributed by atoms with Gasteiger partial charge in [0.25, 0.3) is 0 Å². The highest BCUT2D eigenvalue weighted by atomic mass is 16.2. The van der Waals surface area contributed by atoms with Crippen molar-refractivity contribution in [3.8, 4) is 0 Å². The fourth-order valence-corrected chi connectivity index (χ4v) is 2.59. The first kappa shape index (κ1) is 16.9. The number of ketones is 1. The number of carbonyl (C=O) groups is 2. The molecule has 2 aromatic carbocycles. The second-order valence-electron chi connectivity index (χ2n) is 5.37. The molecule has 0 fully saturated rings. The molecule has 1 amide bonds. The van der Waals surface area contributed by atoms with Gasteiger partial charge in [-0.25, -0.2) is 5.84 Å². The van der Waals surface area contributed by atoms with Crippen molar-refractivity contribution in [2.45, 2.75) is 18.9 Å². The van der Waals surface area contributed by atoms with Crippen LogP contribution in [0.1, 0.15) is 30.0 Å². The summed E-state index contributed by atoms with van der Waals surface area (Å²) in [5, 5.41) is 3.18. The van der Waals surface area contributed by atoms with Crippen LogP contribution in [0.25, 0.3) is 0 Å². The predicted molar refractivity (Wildman–Crippen MR) is 89.4 cm³/mol. The van der Waals surface area contributed by atoms with Crippen molar-refractivity contribution in [3.05, 3.63) is 71.8 Å². The summed E-state index contributed by atoms with van der Waals surface area (Å²) in [6.07, 6.45) is 0. The summed E-state index contributed by atoms with van der Waals surface area (Å²) in [5.41, 5.74) is 3.99. The van der Waals surface area contributed by atoms with Gasteiger partial charge in [-0.15, -0.1) is 0 Å². The van der Waals surface area contributed by atoms with Gasteiger partial charge in [0.15, 0.2) is 0 Å². The van der Waals surface area contributed by atoms with E-state index in [0.717, 1.165) is 11.1 Å². The Balaban J connectivity index is 2.43. The smallest absolute Gasteiger partial charge is 0.243 e. The van der Waals surface area contributed by atoms with E-state index in [2.05, 4.69) is 10.7 Å². The number of rotatable bonds is 7. The lowest BCUT2D eigenvalue weighted by atomic mass is 9.86. The predicted octanol–water partition coefficient (Wildman–Crippen LogP) is 1.68. The Morgan fingerprint density at radius 1 is 0.957 bits per heavy atom. The maximum absolute atomic E-state index is 12.4. The molecule has 120 valence electrons. The number of carbonyl (C=O) groups excluding carboxylic acids is 2. The second kappa shape index (κ2) is 8.22. The van der Waals surface area contributed by atoms with Crippen LogP contribution in [-0.2, 0) is 9.59 Å².